The van der Waals surface area contributed by atoms with Gasteiger partial charge in [0.2, 0.25) is 0 Å². The van der Waals surface area contributed by atoms with Crippen LogP contribution in [0.15, 0.2) is 0 Å². The zero-order valence-corrected chi connectivity index (χ0v) is 11.6. The predicted molar refractivity (Wildman–Crippen MR) is 70.1 cm³/mol. The first-order valence-electron chi connectivity index (χ1n) is 7.63. The lowest BCUT2D eigenvalue weighted by molar-refractivity contribution is -0.140. The second-order valence-corrected chi connectivity index (χ2v) is 6.18. The first kappa shape index (κ1) is 13.5. The molecular formula is C15H24O4. The van der Waals surface area contributed by atoms with E-state index in [2.05, 4.69) is 0 Å². The lowest BCUT2D eigenvalue weighted by atomic mass is 9.81. The van der Waals surface area contributed by atoms with Gasteiger partial charge in [0.25, 0.3) is 0 Å². The fourth-order valence-corrected chi connectivity index (χ4v) is 3.53. The molecule has 0 bridgehead atoms. The smallest absolute Gasteiger partial charge is 0.138 e. The summed E-state index contributed by atoms with van der Waals surface area (Å²) in [6, 6.07) is 0. The van der Waals surface area contributed by atoms with Gasteiger partial charge in [0, 0.05) is 38.6 Å². The van der Waals surface area contributed by atoms with Gasteiger partial charge in [-0.2, -0.15) is 0 Å². The van der Waals surface area contributed by atoms with Crippen LogP contribution in [-0.4, -0.2) is 43.9 Å². The Balaban J connectivity index is 1.54. The van der Waals surface area contributed by atoms with Crippen LogP contribution in [0.3, 0.4) is 0 Å². The Hall–Kier alpha value is -0.450. The van der Waals surface area contributed by atoms with E-state index in [0.717, 1.165) is 45.3 Å². The maximum Gasteiger partial charge on any atom is 0.138 e. The van der Waals surface area contributed by atoms with Crippen LogP contribution in [0.2, 0.25) is 0 Å². The van der Waals surface area contributed by atoms with Crippen LogP contribution in [0.5, 0.6) is 0 Å². The van der Waals surface area contributed by atoms with Gasteiger partial charge >= 0.3 is 0 Å². The third kappa shape index (κ3) is 3.18. The highest BCUT2D eigenvalue weighted by molar-refractivity contribution is 5.81. The molecule has 1 spiro atoms. The minimum atomic E-state index is -0.161. The van der Waals surface area contributed by atoms with E-state index in [1.54, 1.807) is 0 Å². The maximum atomic E-state index is 12.4. The summed E-state index contributed by atoms with van der Waals surface area (Å²) in [7, 11) is 0. The molecular weight excluding hydrogens is 244 g/mol. The zero-order valence-electron chi connectivity index (χ0n) is 11.6. The van der Waals surface area contributed by atoms with Crippen LogP contribution in [0.4, 0.5) is 0 Å². The Bertz CT molecular complexity index is 316. The Morgan fingerprint density at radius 3 is 2.84 bits per heavy atom. The molecule has 3 heterocycles. The van der Waals surface area contributed by atoms with E-state index in [-0.39, 0.29) is 17.6 Å². The molecule has 4 heteroatoms. The number of hydrogen-bond donors (Lipinski definition) is 0. The number of hydrogen-bond acceptors (Lipinski definition) is 4. The molecule has 108 valence electrons. The van der Waals surface area contributed by atoms with Crippen LogP contribution >= 0.6 is 0 Å². The number of carbonyl (C=O) groups excluding carboxylic acids is 1. The Kier molecular flexibility index (Phi) is 4.20. The topological polar surface area (TPSA) is 44.8 Å². The summed E-state index contributed by atoms with van der Waals surface area (Å²) in [5, 5.41) is 0. The van der Waals surface area contributed by atoms with Gasteiger partial charge in [-0.1, -0.05) is 0 Å². The van der Waals surface area contributed by atoms with Crippen LogP contribution in [0.1, 0.15) is 44.9 Å². The van der Waals surface area contributed by atoms with Gasteiger partial charge in [-0.3, -0.25) is 4.79 Å². The van der Waals surface area contributed by atoms with Gasteiger partial charge in [0.1, 0.15) is 5.78 Å². The van der Waals surface area contributed by atoms with Gasteiger partial charge in [0.15, 0.2) is 0 Å². The molecule has 0 amide bonds. The van der Waals surface area contributed by atoms with Gasteiger partial charge in [0.05, 0.1) is 18.3 Å². The first-order chi connectivity index (χ1) is 9.27. The number of carbonyl (C=O) groups is 1. The zero-order chi connectivity index (χ0) is 13.1. The summed E-state index contributed by atoms with van der Waals surface area (Å²) in [5.74, 6) is 0.530. The van der Waals surface area contributed by atoms with Crippen molar-refractivity contribution in [3.8, 4) is 0 Å². The molecule has 0 aromatic rings. The summed E-state index contributed by atoms with van der Waals surface area (Å²) in [6.07, 6.45) is 6.80. The third-order valence-corrected chi connectivity index (χ3v) is 4.72. The van der Waals surface area contributed by atoms with Crippen molar-refractivity contribution in [2.24, 2.45) is 5.92 Å². The van der Waals surface area contributed by atoms with Crippen molar-refractivity contribution in [3.05, 3.63) is 0 Å². The molecule has 3 aliphatic rings. The van der Waals surface area contributed by atoms with Crippen molar-refractivity contribution in [1.82, 2.24) is 0 Å². The molecule has 3 unspecified atom stereocenters. The Morgan fingerprint density at radius 2 is 2.11 bits per heavy atom. The molecule has 0 aromatic carbocycles. The number of ether oxygens (including phenoxy) is 3. The third-order valence-electron chi connectivity index (χ3n) is 4.72. The SMILES string of the molecule is O=C(CC1CCCCO1)C1CCOC2(CCOC2)C1. The summed E-state index contributed by atoms with van der Waals surface area (Å²) in [4.78, 5) is 12.4. The Labute approximate surface area is 114 Å². The maximum absolute atomic E-state index is 12.4. The van der Waals surface area contributed by atoms with Gasteiger partial charge in [-0.05, 0) is 32.1 Å². The van der Waals surface area contributed by atoms with Gasteiger partial charge in [-0.15, -0.1) is 0 Å². The second-order valence-electron chi connectivity index (χ2n) is 6.18. The highest BCUT2D eigenvalue weighted by Gasteiger charge is 2.43. The number of Topliss-reactive ketones (excluding diaryl/α,β-unsaturated/α-hetero) is 1. The van der Waals surface area contributed by atoms with E-state index in [0.29, 0.717) is 25.4 Å². The summed E-state index contributed by atoms with van der Waals surface area (Å²) in [5.41, 5.74) is -0.161. The average molecular weight is 268 g/mol. The summed E-state index contributed by atoms with van der Waals surface area (Å²) < 4.78 is 17.0. The fourth-order valence-electron chi connectivity index (χ4n) is 3.53. The monoisotopic (exact) mass is 268 g/mol. The molecule has 0 aliphatic carbocycles. The second kappa shape index (κ2) is 5.90. The molecule has 3 rings (SSSR count). The number of ketones is 1. The minimum Gasteiger partial charge on any atom is -0.378 e. The predicted octanol–water partition coefficient (Wildman–Crippen LogP) is 2.10. The number of rotatable bonds is 3. The molecule has 0 N–H and O–H groups in total. The molecule has 0 radical (unpaired) electrons. The Morgan fingerprint density at radius 1 is 1.16 bits per heavy atom. The van der Waals surface area contributed by atoms with E-state index in [1.807, 2.05) is 0 Å². The lowest BCUT2D eigenvalue weighted by Crippen LogP contribution is -2.43. The molecule has 3 saturated heterocycles. The standard InChI is InChI=1S/C15H24O4/c16-14(9-13-3-1-2-6-18-13)12-4-7-19-15(10-12)5-8-17-11-15/h12-13H,1-11H2. The highest BCUT2D eigenvalue weighted by atomic mass is 16.6. The van der Waals surface area contributed by atoms with Crippen LogP contribution in [-0.2, 0) is 19.0 Å². The lowest BCUT2D eigenvalue weighted by Gasteiger charge is -2.37. The van der Waals surface area contributed by atoms with Crippen molar-refractivity contribution in [3.63, 3.8) is 0 Å². The highest BCUT2D eigenvalue weighted by Crippen LogP contribution is 2.36. The van der Waals surface area contributed by atoms with E-state index >= 15 is 0 Å². The van der Waals surface area contributed by atoms with Crippen molar-refractivity contribution >= 4 is 5.78 Å². The van der Waals surface area contributed by atoms with Crippen molar-refractivity contribution in [1.29, 1.82) is 0 Å². The largest absolute Gasteiger partial charge is 0.378 e. The molecule has 3 atom stereocenters. The minimum absolute atomic E-state index is 0.154. The molecule has 3 aliphatic heterocycles. The molecule has 0 saturated carbocycles. The molecule has 19 heavy (non-hydrogen) atoms. The molecule has 3 fully saturated rings. The van der Waals surface area contributed by atoms with E-state index < -0.39 is 0 Å². The van der Waals surface area contributed by atoms with Gasteiger partial charge < -0.3 is 14.2 Å². The summed E-state index contributed by atoms with van der Waals surface area (Å²) >= 11 is 0. The quantitative estimate of drug-likeness (QED) is 0.786. The van der Waals surface area contributed by atoms with Crippen LogP contribution in [0, 0.1) is 5.92 Å². The van der Waals surface area contributed by atoms with Crippen LogP contribution < -0.4 is 0 Å². The van der Waals surface area contributed by atoms with Crippen molar-refractivity contribution < 1.29 is 19.0 Å². The van der Waals surface area contributed by atoms with Gasteiger partial charge in [-0.25, -0.2) is 0 Å². The molecule has 0 aromatic heterocycles. The average Bonchev–Trinajstić information content (AvgIpc) is 2.88. The molecule has 4 nitrogen and oxygen atoms in total. The van der Waals surface area contributed by atoms with Crippen molar-refractivity contribution in [2.75, 3.05) is 26.4 Å². The van der Waals surface area contributed by atoms with Crippen LogP contribution in [0.25, 0.3) is 0 Å². The van der Waals surface area contributed by atoms with E-state index in [4.69, 9.17) is 14.2 Å². The van der Waals surface area contributed by atoms with E-state index in [1.165, 1.54) is 6.42 Å². The van der Waals surface area contributed by atoms with E-state index in [9.17, 15) is 4.79 Å². The first-order valence-corrected chi connectivity index (χ1v) is 7.63. The summed E-state index contributed by atoms with van der Waals surface area (Å²) in [6.45, 7) is 2.96. The fraction of sp³-hybridized carbons (Fsp3) is 0.933. The van der Waals surface area contributed by atoms with Crippen molar-refractivity contribution in [2.45, 2.75) is 56.7 Å². The normalized spacial score (nSPS) is 39.6.